The highest BCUT2D eigenvalue weighted by Crippen LogP contribution is 2.37. The number of benzene rings is 1. The van der Waals surface area contributed by atoms with Gasteiger partial charge in [0, 0.05) is 38.2 Å². The summed E-state index contributed by atoms with van der Waals surface area (Å²) in [6.07, 6.45) is 1.19. The first-order valence-corrected chi connectivity index (χ1v) is 12.9. The maximum absolute atomic E-state index is 13.1. The second-order valence-electron chi connectivity index (χ2n) is 8.46. The number of nitrogens with one attached hydrogen (secondary N) is 2. The predicted molar refractivity (Wildman–Crippen MR) is 126 cm³/mol. The van der Waals surface area contributed by atoms with E-state index < -0.39 is 28.5 Å². The Morgan fingerprint density at radius 2 is 2.03 bits per heavy atom. The van der Waals surface area contributed by atoms with Crippen LogP contribution in [0.1, 0.15) is 44.6 Å². The van der Waals surface area contributed by atoms with Gasteiger partial charge in [-0.15, -0.1) is 0 Å². The number of carbonyl (C=O) groups is 2. The van der Waals surface area contributed by atoms with Crippen molar-refractivity contribution < 1.29 is 22.8 Å². The van der Waals surface area contributed by atoms with Crippen LogP contribution in [-0.2, 0) is 11.0 Å². The largest absolute Gasteiger partial charge is 0.417 e. The number of piperidine rings is 1. The van der Waals surface area contributed by atoms with Crippen LogP contribution in [0, 0.1) is 0 Å². The van der Waals surface area contributed by atoms with Crippen molar-refractivity contribution in [2.24, 2.45) is 0 Å². The summed E-state index contributed by atoms with van der Waals surface area (Å²) in [6, 6.07) is 2.62. The highest BCUT2D eigenvalue weighted by atomic mass is 35.5. The fraction of sp³-hybridized carbons (Fsp3) is 0.636. The van der Waals surface area contributed by atoms with Crippen LogP contribution in [0.15, 0.2) is 18.2 Å². The standard InChI is InChI=1S/C22H30ClF3N4O2S/c1-3-4-10-30-19(31)18(7-13-33-2)28-21(30)8-11-29(12-9-21)20(32)27-15-5-6-17(23)16(14-15)22(24,25)26/h5-6,14,18,28H,3-4,7-13H2,1-2H3,(H,27,32). The molecule has 184 valence electrons. The first kappa shape index (κ1) is 26.0. The van der Waals surface area contributed by atoms with E-state index in [1.807, 2.05) is 11.2 Å². The Bertz CT molecular complexity index is 863. The Kier molecular flexibility index (Phi) is 8.45. The molecule has 2 heterocycles. The summed E-state index contributed by atoms with van der Waals surface area (Å²) in [5, 5.41) is 5.68. The van der Waals surface area contributed by atoms with Gasteiger partial charge in [-0.3, -0.25) is 10.1 Å². The summed E-state index contributed by atoms with van der Waals surface area (Å²) in [5.41, 5.74) is -1.43. The zero-order valence-electron chi connectivity index (χ0n) is 18.8. The van der Waals surface area contributed by atoms with E-state index in [2.05, 4.69) is 17.6 Å². The molecule has 0 saturated carbocycles. The van der Waals surface area contributed by atoms with E-state index in [4.69, 9.17) is 11.6 Å². The molecule has 11 heteroatoms. The van der Waals surface area contributed by atoms with Crippen molar-refractivity contribution in [1.82, 2.24) is 15.1 Å². The second kappa shape index (κ2) is 10.7. The molecule has 0 aliphatic carbocycles. The van der Waals surface area contributed by atoms with Gasteiger partial charge in [-0.1, -0.05) is 24.9 Å². The first-order chi connectivity index (χ1) is 15.6. The number of carbonyl (C=O) groups excluding carboxylic acids is 2. The smallest absolute Gasteiger partial charge is 0.324 e. The van der Waals surface area contributed by atoms with Gasteiger partial charge in [-0.05, 0) is 43.0 Å². The van der Waals surface area contributed by atoms with Gasteiger partial charge in [0.15, 0.2) is 0 Å². The minimum Gasteiger partial charge on any atom is -0.324 e. The first-order valence-electron chi connectivity index (χ1n) is 11.1. The molecule has 0 bridgehead atoms. The average Bonchev–Trinajstić information content (AvgIpc) is 3.02. The van der Waals surface area contributed by atoms with Crippen molar-refractivity contribution in [3.8, 4) is 0 Å². The van der Waals surface area contributed by atoms with Crippen LogP contribution in [0.25, 0.3) is 0 Å². The molecule has 1 spiro atoms. The van der Waals surface area contributed by atoms with Crippen LogP contribution in [0.2, 0.25) is 5.02 Å². The lowest BCUT2D eigenvalue weighted by Gasteiger charge is -2.44. The van der Waals surface area contributed by atoms with Crippen molar-refractivity contribution in [2.75, 3.05) is 37.0 Å². The molecule has 33 heavy (non-hydrogen) atoms. The maximum Gasteiger partial charge on any atom is 0.417 e. The van der Waals surface area contributed by atoms with E-state index >= 15 is 0 Å². The van der Waals surface area contributed by atoms with Gasteiger partial charge in [0.25, 0.3) is 0 Å². The lowest BCUT2D eigenvalue weighted by atomic mass is 9.95. The van der Waals surface area contributed by atoms with Crippen molar-refractivity contribution in [2.45, 2.75) is 56.9 Å². The van der Waals surface area contributed by atoms with Crippen LogP contribution < -0.4 is 10.6 Å². The van der Waals surface area contributed by atoms with Gasteiger partial charge >= 0.3 is 12.2 Å². The van der Waals surface area contributed by atoms with Crippen LogP contribution >= 0.6 is 23.4 Å². The molecule has 6 nitrogen and oxygen atoms in total. The van der Waals surface area contributed by atoms with Gasteiger partial charge in [0.2, 0.25) is 5.91 Å². The number of halogens is 4. The summed E-state index contributed by atoms with van der Waals surface area (Å²) in [4.78, 5) is 29.3. The molecule has 2 aliphatic rings. The number of urea groups is 1. The third kappa shape index (κ3) is 5.89. The summed E-state index contributed by atoms with van der Waals surface area (Å²) in [7, 11) is 0. The van der Waals surface area contributed by atoms with Crippen molar-refractivity contribution in [3.63, 3.8) is 0 Å². The molecule has 3 amide bonds. The number of thioether (sulfide) groups is 1. The number of hydrogen-bond donors (Lipinski definition) is 2. The minimum atomic E-state index is -4.61. The van der Waals surface area contributed by atoms with E-state index in [1.165, 1.54) is 6.07 Å². The maximum atomic E-state index is 13.1. The molecule has 1 aromatic carbocycles. The van der Waals surface area contributed by atoms with Crippen LogP contribution in [0.3, 0.4) is 0 Å². The molecule has 2 aliphatic heterocycles. The number of nitrogens with zero attached hydrogens (tertiary/aromatic N) is 2. The van der Waals surface area contributed by atoms with Gasteiger partial charge in [0.05, 0.1) is 22.3 Å². The van der Waals surface area contributed by atoms with Gasteiger partial charge in [-0.2, -0.15) is 24.9 Å². The van der Waals surface area contributed by atoms with Gasteiger partial charge < -0.3 is 15.1 Å². The normalized spacial score (nSPS) is 20.5. The molecule has 0 aromatic heterocycles. The summed E-state index contributed by atoms with van der Waals surface area (Å²) in [5.74, 6) is 1.01. The Labute approximate surface area is 201 Å². The van der Waals surface area contributed by atoms with E-state index in [1.54, 1.807) is 16.7 Å². The zero-order valence-corrected chi connectivity index (χ0v) is 20.4. The van der Waals surface area contributed by atoms with E-state index in [9.17, 15) is 22.8 Å². The summed E-state index contributed by atoms with van der Waals surface area (Å²) < 4.78 is 39.3. The lowest BCUT2D eigenvalue weighted by molar-refractivity contribution is -0.137. The number of rotatable bonds is 7. The monoisotopic (exact) mass is 506 g/mol. The van der Waals surface area contributed by atoms with Crippen LogP contribution in [0.5, 0.6) is 0 Å². The minimum absolute atomic E-state index is 0.0351. The number of anilines is 1. The molecular weight excluding hydrogens is 477 g/mol. The number of amides is 3. The Hall–Kier alpha value is -1.65. The fourth-order valence-corrected chi connectivity index (χ4v) is 5.15. The van der Waals surface area contributed by atoms with Gasteiger partial charge in [-0.25, -0.2) is 4.79 Å². The van der Waals surface area contributed by atoms with Crippen LogP contribution in [0.4, 0.5) is 23.7 Å². The summed E-state index contributed by atoms with van der Waals surface area (Å²) >= 11 is 7.36. The van der Waals surface area contributed by atoms with E-state index in [-0.39, 0.29) is 17.6 Å². The number of alkyl halides is 3. The molecular formula is C22H30ClF3N4O2S. The second-order valence-corrected chi connectivity index (χ2v) is 9.86. The summed E-state index contributed by atoms with van der Waals surface area (Å²) in [6.45, 7) is 3.54. The quantitative estimate of drug-likeness (QED) is 0.544. The number of hydrogen-bond acceptors (Lipinski definition) is 4. The highest BCUT2D eigenvalue weighted by molar-refractivity contribution is 7.98. The Morgan fingerprint density at radius 3 is 2.64 bits per heavy atom. The van der Waals surface area contributed by atoms with E-state index in [0.29, 0.717) is 32.5 Å². The van der Waals surface area contributed by atoms with Gasteiger partial charge in [0.1, 0.15) is 0 Å². The van der Waals surface area contributed by atoms with Crippen molar-refractivity contribution in [1.29, 1.82) is 0 Å². The lowest BCUT2D eigenvalue weighted by Crippen LogP contribution is -2.60. The topological polar surface area (TPSA) is 64.7 Å². The third-order valence-electron chi connectivity index (χ3n) is 6.27. The number of unbranched alkanes of at least 4 members (excludes halogenated alkanes) is 1. The zero-order chi connectivity index (χ0) is 24.2. The molecule has 1 unspecified atom stereocenters. The van der Waals surface area contributed by atoms with Crippen molar-refractivity contribution >= 4 is 41.0 Å². The van der Waals surface area contributed by atoms with E-state index in [0.717, 1.165) is 37.1 Å². The molecule has 2 saturated heterocycles. The number of likely N-dealkylation sites (tertiary alicyclic amines) is 1. The molecule has 2 N–H and O–H groups in total. The van der Waals surface area contributed by atoms with Crippen molar-refractivity contribution in [3.05, 3.63) is 28.8 Å². The molecule has 2 fully saturated rings. The Balaban J connectivity index is 1.66. The molecule has 0 radical (unpaired) electrons. The Morgan fingerprint density at radius 1 is 1.33 bits per heavy atom. The SMILES string of the molecule is CCCCN1C(=O)C(CCSC)NC12CCN(C(=O)Nc1ccc(Cl)c(C(F)(F)F)c1)CC2. The highest BCUT2D eigenvalue weighted by Gasteiger charge is 2.51. The molecule has 1 aromatic rings. The molecule has 3 rings (SSSR count). The fourth-order valence-electron chi connectivity index (χ4n) is 4.45. The molecule has 1 atom stereocenters. The predicted octanol–water partition coefficient (Wildman–Crippen LogP) is 5.04. The average molecular weight is 507 g/mol. The third-order valence-corrected chi connectivity index (χ3v) is 7.24. The van der Waals surface area contributed by atoms with Crippen LogP contribution in [-0.4, -0.2) is 65.1 Å².